The Bertz CT molecular complexity index is 661. The molecule has 0 bridgehead atoms. The summed E-state index contributed by atoms with van der Waals surface area (Å²) in [7, 11) is 0. The van der Waals surface area contributed by atoms with Gasteiger partial charge in [-0.15, -0.1) is 0 Å². The third-order valence-corrected chi connectivity index (χ3v) is 2.52. The van der Waals surface area contributed by atoms with Gasteiger partial charge in [-0.25, -0.2) is 4.79 Å². The molecule has 0 amide bonds. The van der Waals surface area contributed by atoms with Crippen LogP contribution in [0.25, 0.3) is 16.8 Å². The Labute approximate surface area is 102 Å². The van der Waals surface area contributed by atoms with Crippen molar-refractivity contribution in [1.29, 1.82) is 0 Å². The van der Waals surface area contributed by atoms with Crippen molar-refractivity contribution in [2.75, 3.05) is 0 Å². The summed E-state index contributed by atoms with van der Waals surface area (Å²) in [6.45, 7) is 0. The zero-order valence-corrected chi connectivity index (χ0v) is 9.24. The van der Waals surface area contributed by atoms with Crippen LogP contribution < -0.4 is 0 Å². The van der Waals surface area contributed by atoms with Crippen molar-refractivity contribution in [2.45, 2.75) is 0 Å². The molecule has 1 N–H and O–H groups in total. The standard InChI is InChI=1S/C13H9NO4/c15-12(16)8-7-10-6-5-9-3-1-2-4-11(9)13(10)14(17)18/h1-8H,(H,15,16). The van der Waals surface area contributed by atoms with Gasteiger partial charge in [0.2, 0.25) is 0 Å². The van der Waals surface area contributed by atoms with E-state index >= 15 is 0 Å². The molecule has 0 spiro atoms. The van der Waals surface area contributed by atoms with Crippen LogP contribution >= 0.6 is 0 Å². The number of hydrogen-bond acceptors (Lipinski definition) is 3. The van der Waals surface area contributed by atoms with Crippen LogP contribution in [0.3, 0.4) is 0 Å². The predicted octanol–water partition coefficient (Wildman–Crippen LogP) is 2.85. The van der Waals surface area contributed by atoms with E-state index in [0.29, 0.717) is 5.39 Å². The number of fused-ring (bicyclic) bond motifs is 1. The van der Waals surface area contributed by atoms with E-state index in [-0.39, 0.29) is 11.3 Å². The van der Waals surface area contributed by atoms with E-state index in [2.05, 4.69) is 0 Å². The summed E-state index contributed by atoms with van der Waals surface area (Å²) in [5.74, 6) is -1.14. The van der Waals surface area contributed by atoms with Crippen LogP contribution in [0.2, 0.25) is 0 Å². The maximum absolute atomic E-state index is 11.1. The molecule has 0 saturated carbocycles. The molecule has 0 aliphatic heterocycles. The number of nitro groups is 1. The molecule has 0 radical (unpaired) electrons. The molecule has 5 heteroatoms. The Hall–Kier alpha value is -2.69. The van der Waals surface area contributed by atoms with Crippen LogP contribution in [0.1, 0.15) is 5.56 Å². The lowest BCUT2D eigenvalue weighted by Gasteiger charge is -2.02. The van der Waals surface area contributed by atoms with Crippen molar-refractivity contribution in [2.24, 2.45) is 0 Å². The van der Waals surface area contributed by atoms with E-state index in [0.717, 1.165) is 11.5 Å². The minimum absolute atomic E-state index is 0.0781. The third-order valence-electron chi connectivity index (χ3n) is 2.52. The summed E-state index contributed by atoms with van der Waals surface area (Å²) in [4.78, 5) is 21.1. The van der Waals surface area contributed by atoms with Crippen LogP contribution in [-0.4, -0.2) is 16.0 Å². The molecule has 2 rings (SSSR count). The van der Waals surface area contributed by atoms with Crippen molar-refractivity contribution < 1.29 is 14.8 Å². The summed E-state index contributed by atoms with van der Waals surface area (Å²) >= 11 is 0. The highest BCUT2D eigenvalue weighted by molar-refractivity contribution is 5.96. The maximum atomic E-state index is 11.1. The number of carbonyl (C=O) groups is 1. The number of aliphatic carboxylic acids is 1. The second-order valence-corrected chi connectivity index (χ2v) is 3.65. The molecule has 0 aliphatic carbocycles. The first-order valence-corrected chi connectivity index (χ1v) is 5.17. The zero-order valence-electron chi connectivity index (χ0n) is 9.24. The average molecular weight is 243 g/mol. The highest BCUT2D eigenvalue weighted by Gasteiger charge is 2.16. The first kappa shape index (κ1) is 11.8. The van der Waals surface area contributed by atoms with Gasteiger partial charge in [0.05, 0.1) is 15.9 Å². The Kier molecular flexibility index (Phi) is 3.05. The lowest BCUT2D eigenvalue weighted by molar-refractivity contribution is -0.383. The van der Waals surface area contributed by atoms with E-state index in [4.69, 9.17) is 5.11 Å². The number of rotatable bonds is 3. The molecule has 2 aromatic carbocycles. The predicted molar refractivity (Wildman–Crippen MR) is 67.3 cm³/mol. The Balaban J connectivity index is 2.70. The summed E-state index contributed by atoms with van der Waals surface area (Å²) in [6.07, 6.45) is 2.12. The van der Waals surface area contributed by atoms with Gasteiger partial charge in [0.25, 0.3) is 5.69 Å². The molecule has 0 heterocycles. The Morgan fingerprint density at radius 1 is 1.22 bits per heavy atom. The largest absolute Gasteiger partial charge is 0.478 e. The minimum atomic E-state index is -1.14. The Morgan fingerprint density at radius 2 is 1.94 bits per heavy atom. The van der Waals surface area contributed by atoms with E-state index in [9.17, 15) is 14.9 Å². The number of benzene rings is 2. The molecular weight excluding hydrogens is 234 g/mol. The fourth-order valence-corrected chi connectivity index (χ4v) is 1.77. The molecular formula is C13H9NO4. The van der Waals surface area contributed by atoms with Crippen molar-refractivity contribution >= 4 is 28.5 Å². The normalized spacial score (nSPS) is 10.9. The van der Waals surface area contributed by atoms with Crippen LogP contribution in [0, 0.1) is 10.1 Å². The monoisotopic (exact) mass is 243 g/mol. The molecule has 0 fully saturated rings. The molecule has 0 aromatic heterocycles. The van der Waals surface area contributed by atoms with Crippen LogP contribution in [0.4, 0.5) is 5.69 Å². The minimum Gasteiger partial charge on any atom is -0.478 e. The van der Waals surface area contributed by atoms with Gasteiger partial charge in [-0.1, -0.05) is 24.3 Å². The number of hydrogen-bond donors (Lipinski definition) is 1. The SMILES string of the molecule is O=C(O)C=Cc1ccc2ccccc2c1[N+](=O)[O-]. The summed E-state index contributed by atoms with van der Waals surface area (Å²) in [6, 6.07) is 10.2. The molecule has 90 valence electrons. The first-order chi connectivity index (χ1) is 8.59. The number of carboxylic acids is 1. The second kappa shape index (κ2) is 4.67. The fraction of sp³-hybridized carbons (Fsp3) is 0. The average Bonchev–Trinajstić information content (AvgIpc) is 2.35. The molecule has 18 heavy (non-hydrogen) atoms. The van der Waals surface area contributed by atoms with Crippen molar-refractivity contribution in [3.8, 4) is 0 Å². The second-order valence-electron chi connectivity index (χ2n) is 3.65. The van der Waals surface area contributed by atoms with Crippen LogP contribution in [-0.2, 0) is 4.79 Å². The summed E-state index contributed by atoms with van der Waals surface area (Å²) in [5, 5.41) is 20.9. The van der Waals surface area contributed by atoms with Gasteiger partial charge in [0.15, 0.2) is 0 Å². The third kappa shape index (κ3) is 2.20. The van der Waals surface area contributed by atoms with Gasteiger partial charge >= 0.3 is 5.97 Å². The van der Waals surface area contributed by atoms with E-state index in [1.54, 1.807) is 36.4 Å². The molecule has 0 unspecified atom stereocenters. The van der Waals surface area contributed by atoms with Crippen molar-refractivity contribution in [1.82, 2.24) is 0 Å². The summed E-state index contributed by atoms with van der Waals surface area (Å²) < 4.78 is 0. The quantitative estimate of drug-likeness (QED) is 0.510. The van der Waals surface area contributed by atoms with Crippen LogP contribution in [0.15, 0.2) is 42.5 Å². The highest BCUT2D eigenvalue weighted by atomic mass is 16.6. The van der Waals surface area contributed by atoms with E-state index < -0.39 is 10.9 Å². The van der Waals surface area contributed by atoms with Crippen molar-refractivity contribution in [3.05, 3.63) is 58.2 Å². The van der Waals surface area contributed by atoms with Gasteiger partial charge in [0.1, 0.15) is 0 Å². The molecule has 5 nitrogen and oxygen atoms in total. The van der Waals surface area contributed by atoms with Gasteiger partial charge in [-0.05, 0) is 23.6 Å². The van der Waals surface area contributed by atoms with E-state index in [1.807, 2.05) is 0 Å². The smallest absolute Gasteiger partial charge is 0.328 e. The van der Waals surface area contributed by atoms with Gasteiger partial charge in [-0.3, -0.25) is 10.1 Å². The number of nitro benzene ring substituents is 1. The number of nitrogens with zero attached hydrogens (tertiary/aromatic N) is 1. The first-order valence-electron chi connectivity index (χ1n) is 5.17. The van der Waals surface area contributed by atoms with Crippen LogP contribution in [0.5, 0.6) is 0 Å². The summed E-state index contributed by atoms with van der Waals surface area (Å²) in [5.41, 5.74) is 0.201. The maximum Gasteiger partial charge on any atom is 0.328 e. The molecule has 0 atom stereocenters. The lowest BCUT2D eigenvalue weighted by Crippen LogP contribution is -1.94. The van der Waals surface area contributed by atoms with Crippen molar-refractivity contribution in [3.63, 3.8) is 0 Å². The molecule has 0 saturated heterocycles. The number of carboxylic acid groups (broad SMARTS) is 1. The fourth-order valence-electron chi connectivity index (χ4n) is 1.77. The molecule has 2 aromatic rings. The zero-order chi connectivity index (χ0) is 13.1. The Morgan fingerprint density at radius 3 is 2.61 bits per heavy atom. The lowest BCUT2D eigenvalue weighted by atomic mass is 10.0. The van der Waals surface area contributed by atoms with E-state index in [1.165, 1.54) is 6.08 Å². The molecule has 0 aliphatic rings. The topological polar surface area (TPSA) is 80.4 Å². The van der Waals surface area contributed by atoms with Gasteiger partial charge in [0, 0.05) is 6.08 Å². The van der Waals surface area contributed by atoms with Gasteiger partial charge in [-0.2, -0.15) is 0 Å². The van der Waals surface area contributed by atoms with Gasteiger partial charge < -0.3 is 5.11 Å². The highest BCUT2D eigenvalue weighted by Crippen LogP contribution is 2.30.